The lowest BCUT2D eigenvalue weighted by molar-refractivity contribution is -0.127. The van der Waals surface area contributed by atoms with E-state index in [4.69, 9.17) is 0 Å². The zero-order valence-corrected chi connectivity index (χ0v) is 15.8. The maximum Gasteiger partial charge on any atom is 0.224 e. The molecule has 0 bridgehead atoms. The van der Waals surface area contributed by atoms with E-state index in [1.807, 2.05) is 0 Å². The zero-order valence-electron chi connectivity index (χ0n) is 15.0. The molecule has 6 heteroatoms. The highest BCUT2D eigenvalue weighted by Crippen LogP contribution is 2.38. The predicted molar refractivity (Wildman–Crippen MR) is 92.5 cm³/mol. The van der Waals surface area contributed by atoms with Crippen LogP contribution in [0.25, 0.3) is 0 Å². The highest BCUT2D eigenvalue weighted by molar-refractivity contribution is 7.88. The Hall–Kier alpha value is -0.620. The minimum absolute atomic E-state index is 0.0412. The molecule has 1 amide bonds. The molecule has 0 unspecified atom stereocenters. The van der Waals surface area contributed by atoms with Crippen LogP contribution in [-0.4, -0.2) is 44.0 Å². The highest BCUT2D eigenvalue weighted by Gasteiger charge is 2.37. The van der Waals surface area contributed by atoms with E-state index >= 15 is 0 Å². The fourth-order valence-electron chi connectivity index (χ4n) is 4.10. The van der Waals surface area contributed by atoms with Gasteiger partial charge < -0.3 is 5.32 Å². The molecule has 0 aromatic carbocycles. The average molecular weight is 345 g/mol. The Morgan fingerprint density at radius 1 is 1.09 bits per heavy atom. The molecule has 1 aliphatic carbocycles. The number of rotatable bonds is 3. The standard InChI is InChI=1S/C17H32N2O3S/c1-17(2,3)14-9-5-6-10-15(14)18-16(20)13-8-7-11-19(12-13)23(4,21)22/h13-15H,5-12H2,1-4H3,(H,18,20)/t13-,14-,15+/m1/s1. The van der Waals surface area contributed by atoms with Gasteiger partial charge in [0.2, 0.25) is 15.9 Å². The van der Waals surface area contributed by atoms with Crippen LogP contribution >= 0.6 is 0 Å². The lowest BCUT2D eigenvalue weighted by Crippen LogP contribution is -2.51. The molecule has 2 fully saturated rings. The Kier molecular flexibility index (Phi) is 5.77. The summed E-state index contributed by atoms with van der Waals surface area (Å²) in [6.45, 7) is 7.60. The minimum Gasteiger partial charge on any atom is -0.353 e. The molecule has 2 aliphatic rings. The molecule has 2 rings (SSSR count). The lowest BCUT2D eigenvalue weighted by atomic mass is 9.69. The van der Waals surface area contributed by atoms with Gasteiger partial charge in [-0.3, -0.25) is 4.79 Å². The van der Waals surface area contributed by atoms with Crippen molar-refractivity contribution in [2.75, 3.05) is 19.3 Å². The van der Waals surface area contributed by atoms with Crippen molar-refractivity contribution in [1.29, 1.82) is 0 Å². The van der Waals surface area contributed by atoms with Crippen LogP contribution in [0.15, 0.2) is 0 Å². The van der Waals surface area contributed by atoms with E-state index in [9.17, 15) is 13.2 Å². The Bertz CT molecular complexity index is 524. The maximum atomic E-state index is 12.7. The van der Waals surface area contributed by atoms with Gasteiger partial charge in [-0.1, -0.05) is 33.6 Å². The minimum atomic E-state index is -3.21. The summed E-state index contributed by atoms with van der Waals surface area (Å²) in [6, 6.07) is 0.227. The number of sulfonamides is 1. The molecule has 23 heavy (non-hydrogen) atoms. The topological polar surface area (TPSA) is 66.5 Å². The van der Waals surface area contributed by atoms with Crippen LogP contribution in [0.4, 0.5) is 0 Å². The van der Waals surface area contributed by atoms with E-state index in [1.54, 1.807) is 0 Å². The van der Waals surface area contributed by atoms with Crippen molar-refractivity contribution in [1.82, 2.24) is 9.62 Å². The van der Waals surface area contributed by atoms with Crippen LogP contribution in [0.5, 0.6) is 0 Å². The predicted octanol–water partition coefficient (Wildman–Crippen LogP) is 2.38. The molecule has 1 saturated carbocycles. The Labute approximate surface area is 141 Å². The van der Waals surface area contributed by atoms with Gasteiger partial charge in [0.05, 0.1) is 12.2 Å². The summed E-state index contributed by atoms with van der Waals surface area (Å²) in [6.07, 6.45) is 7.37. The van der Waals surface area contributed by atoms with Crippen LogP contribution in [0.1, 0.15) is 59.3 Å². The number of hydrogen-bond acceptors (Lipinski definition) is 3. The molecule has 3 atom stereocenters. The number of piperidine rings is 1. The van der Waals surface area contributed by atoms with Gasteiger partial charge in [-0.2, -0.15) is 0 Å². The quantitative estimate of drug-likeness (QED) is 0.855. The van der Waals surface area contributed by atoms with Gasteiger partial charge in [0.25, 0.3) is 0 Å². The zero-order chi connectivity index (χ0) is 17.3. The number of hydrogen-bond donors (Lipinski definition) is 1. The van der Waals surface area contributed by atoms with E-state index < -0.39 is 10.0 Å². The Balaban J connectivity index is 2.00. The monoisotopic (exact) mass is 344 g/mol. The molecular weight excluding hydrogens is 312 g/mol. The molecule has 134 valence electrons. The third kappa shape index (κ3) is 4.92. The SMILES string of the molecule is CC(C)(C)[C@@H]1CCCC[C@@H]1NC(=O)[C@@H]1CCCN(S(C)(=O)=O)C1. The van der Waals surface area contributed by atoms with Crippen LogP contribution < -0.4 is 5.32 Å². The lowest BCUT2D eigenvalue weighted by Gasteiger charge is -2.41. The second kappa shape index (κ2) is 7.09. The molecule has 1 N–H and O–H groups in total. The summed E-state index contributed by atoms with van der Waals surface area (Å²) >= 11 is 0. The second-order valence-electron chi connectivity index (χ2n) is 8.33. The molecule has 1 saturated heterocycles. The molecule has 1 heterocycles. The van der Waals surface area contributed by atoms with Gasteiger partial charge in [0, 0.05) is 19.1 Å². The van der Waals surface area contributed by atoms with Crippen LogP contribution in [0.3, 0.4) is 0 Å². The van der Waals surface area contributed by atoms with Gasteiger partial charge in [0.1, 0.15) is 0 Å². The average Bonchev–Trinajstić information content (AvgIpc) is 2.46. The first-order chi connectivity index (χ1) is 10.6. The Morgan fingerprint density at radius 3 is 2.35 bits per heavy atom. The number of nitrogens with one attached hydrogen (secondary N) is 1. The van der Waals surface area contributed by atoms with Crippen molar-refractivity contribution in [2.24, 2.45) is 17.3 Å². The molecular formula is C17H32N2O3S. The van der Waals surface area contributed by atoms with Crippen molar-refractivity contribution in [3.63, 3.8) is 0 Å². The molecule has 0 spiro atoms. The summed E-state index contributed by atoms with van der Waals surface area (Å²) in [5.74, 6) is 0.329. The van der Waals surface area contributed by atoms with Gasteiger partial charge in [-0.15, -0.1) is 0 Å². The first kappa shape index (κ1) is 18.7. The van der Waals surface area contributed by atoms with Crippen LogP contribution in [-0.2, 0) is 14.8 Å². The normalized spacial score (nSPS) is 30.9. The van der Waals surface area contributed by atoms with Gasteiger partial charge in [-0.25, -0.2) is 12.7 Å². The van der Waals surface area contributed by atoms with Gasteiger partial charge >= 0.3 is 0 Å². The Morgan fingerprint density at radius 2 is 1.74 bits per heavy atom. The highest BCUT2D eigenvalue weighted by atomic mass is 32.2. The van der Waals surface area contributed by atoms with E-state index in [2.05, 4.69) is 26.1 Å². The molecule has 0 aromatic rings. The molecule has 0 radical (unpaired) electrons. The van der Waals surface area contributed by atoms with E-state index in [-0.39, 0.29) is 23.3 Å². The van der Waals surface area contributed by atoms with Crippen molar-refractivity contribution in [3.8, 4) is 0 Å². The van der Waals surface area contributed by atoms with Crippen molar-refractivity contribution in [2.45, 2.75) is 65.3 Å². The second-order valence-corrected chi connectivity index (χ2v) is 10.3. The van der Waals surface area contributed by atoms with Crippen LogP contribution in [0.2, 0.25) is 0 Å². The molecule has 5 nitrogen and oxygen atoms in total. The fraction of sp³-hybridized carbons (Fsp3) is 0.941. The van der Waals surface area contributed by atoms with E-state index in [0.29, 0.717) is 19.0 Å². The smallest absolute Gasteiger partial charge is 0.224 e. The first-order valence-corrected chi connectivity index (χ1v) is 10.7. The summed E-state index contributed by atoms with van der Waals surface area (Å²) in [5, 5.41) is 3.26. The van der Waals surface area contributed by atoms with Crippen molar-refractivity contribution >= 4 is 15.9 Å². The molecule has 1 aliphatic heterocycles. The maximum absolute atomic E-state index is 12.7. The van der Waals surface area contributed by atoms with Crippen LogP contribution in [0, 0.1) is 17.3 Å². The summed E-state index contributed by atoms with van der Waals surface area (Å²) < 4.78 is 24.9. The van der Waals surface area contributed by atoms with E-state index in [1.165, 1.54) is 17.0 Å². The third-order valence-corrected chi connectivity index (χ3v) is 6.70. The summed E-state index contributed by atoms with van der Waals surface area (Å²) in [5.41, 5.74) is 0.184. The van der Waals surface area contributed by atoms with E-state index in [0.717, 1.165) is 32.1 Å². The number of carbonyl (C=O) groups excluding carboxylic acids is 1. The molecule has 0 aromatic heterocycles. The largest absolute Gasteiger partial charge is 0.353 e. The fourth-order valence-corrected chi connectivity index (χ4v) is 5.01. The van der Waals surface area contributed by atoms with Gasteiger partial charge in [-0.05, 0) is 37.0 Å². The number of nitrogens with zero attached hydrogens (tertiary/aromatic N) is 1. The van der Waals surface area contributed by atoms with Gasteiger partial charge in [0.15, 0.2) is 0 Å². The number of amides is 1. The number of carbonyl (C=O) groups is 1. The van der Waals surface area contributed by atoms with Crippen molar-refractivity contribution in [3.05, 3.63) is 0 Å². The first-order valence-electron chi connectivity index (χ1n) is 8.84. The third-order valence-electron chi connectivity index (χ3n) is 5.43. The summed E-state index contributed by atoms with van der Waals surface area (Å²) in [4.78, 5) is 12.7. The van der Waals surface area contributed by atoms with Crippen molar-refractivity contribution < 1.29 is 13.2 Å². The summed E-state index contributed by atoms with van der Waals surface area (Å²) in [7, 11) is -3.21.